The molecule has 190 valence electrons. The van der Waals surface area contributed by atoms with E-state index in [1.165, 1.54) is 0 Å². The predicted octanol–water partition coefficient (Wildman–Crippen LogP) is 5.28. The van der Waals surface area contributed by atoms with Crippen LogP contribution in [0, 0.1) is 6.92 Å². The van der Waals surface area contributed by atoms with Crippen LogP contribution >= 0.6 is 0 Å². The van der Waals surface area contributed by atoms with E-state index < -0.39 is 5.97 Å². The second-order valence-electron chi connectivity index (χ2n) is 9.56. The minimum absolute atomic E-state index is 0.0692. The van der Waals surface area contributed by atoms with Gasteiger partial charge >= 0.3 is 5.97 Å². The van der Waals surface area contributed by atoms with Crippen LogP contribution in [0.3, 0.4) is 0 Å². The number of pyridine rings is 2. The summed E-state index contributed by atoms with van der Waals surface area (Å²) in [6, 6.07) is 12.0. The van der Waals surface area contributed by atoms with Crippen LogP contribution < -0.4 is 10.9 Å². The van der Waals surface area contributed by atoms with E-state index in [1.807, 2.05) is 6.07 Å². The summed E-state index contributed by atoms with van der Waals surface area (Å²) in [6.45, 7) is 6.14. The molecule has 1 aromatic carbocycles. The van der Waals surface area contributed by atoms with Gasteiger partial charge in [0.1, 0.15) is 5.56 Å². The van der Waals surface area contributed by atoms with Gasteiger partial charge in [0.25, 0.3) is 5.56 Å². The predicted molar refractivity (Wildman–Crippen MR) is 140 cm³/mol. The SMILES string of the molecule is CCOC(=O)c1cc(C2CC2)c2c(C)c(-c3ccc(NCCOC4CCCCO4)cc3)ccn2c1=O. The number of ether oxygens (including phenoxy) is 3. The number of nitrogens with one attached hydrogen (secondary N) is 1. The first-order valence-corrected chi connectivity index (χ1v) is 13.0. The second-order valence-corrected chi connectivity index (χ2v) is 9.56. The van der Waals surface area contributed by atoms with Gasteiger partial charge in [-0.25, -0.2) is 4.79 Å². The topological polar surface area (TPSA) is 78.3 Å². The molecule has 1 aliphatic carbocycles. The molecule has 5 rings (SSSR count). The molecule has 1 unspecified atom stereocenters. The summed E-state index contributed by atoms with van der Waals surface area (Å²) in [5.41, 5.74) is 5.95. The van der Waals surface area contributed by atoms with Crippen molar-refractivity contribution in [2.24, 2.45) is 0 Å². The first kappa shape index (κ1) is 24.5. The van der Waals surface area contributed by atoms with Gasteiger partial charge in [0.15, 0.2) is 6.29 Å². The van der Waals surface area contributed by atoms with E-state index >= 15 is 0 Å². The molecule has 1 saturated heterocycles. The summed E-state index contributed by atoms with van der Waals surface area (Å²) >= 11 is 0. The van der Waals surface area contributed by atoms with E-state index in [1.54, 1.807) is 23.6 Å². The van der Waals surface area contributed by atoms with E-state index in [9.17, 15) is 9.59 Å². The van der Waals surface area contributed by atoms with Gasteiger partial charge in [-0.05, 0) is 98.4 Å². The van der Waals surface area contributed by atoms with Crippen molar-refractivity contribution in [3.05, 3.63) is 69.6 Å². The quantitative estimate of drug-likeness (QED) is 0.325. The Bertz CT molecular complexity index is 1290. The van der Waals surface area contributed by atoms with Crippen molar-refractivity contribution < 1.29 is 19.0 Å². The smallest absolute Gasteiger partial charge is 0.343 e. The maximum atomic E-state index is 13.1. The van der Waals surface area contributed by atoms with Gasteiger partial charge in [-0.3, -0.25) is 9.20 Å². The zero-order valence-corrected chi connectivity index (χ0v) is 21.0. The molecule has 2 fully saturated rings. The fourth-order valence-electron chi connectivity index (χ4n) is 4.97. The molecular formula is C29H34N2O5. The molecule has 0 radical (unpaired) electrons. The molecular weight excluding hydrogens is 456 g/mol. The number of anilines is 1. The van der Waals surface area contributed by atoms with Gasteiger partial charge in [0, 0.05) is 25.0 Å². The number of esters is 1. The molecule has 36 heavy (non-hydrogen) atoms. The highest BCUT2D eigenvalue weighted by Crippen LogP contribution is 2.43. The van der Waals surface area contributed by atoms with Gasteiger partial charge in [-0.15, -0.1) is 0 Å². The van der Waals surface area contributed by atoms with Crippen molar-refractivity contribution in [1.82, 2.24) is 4.40 Å². The Labute approximate surface area is 211 Å². The van der Waals surface area contributed by atoms with E-state index in [0.717, 1.165) is 72.2 Å². The Balaban J connectivity index is 1.36. The van der Waals surface area contributed by atoms with Gasteiger partial charge in [-0.2, -0.15) is 0 Å². The Morgan fingerprint density at radius 1 is 1.14 bits per heavy atom. The Kier molecular flexibility index (Phi) is 7.39. The van der Waals surface area contributed by atoms with Crippen LogP contribution in [0.4, 0.5) is 5.69 Å². The first-order valence-electron chi connectivity index (χ1n) is 13.0. The van der Waals surface area contributed by atoms with Crippen LogP contribution in [-0.4, -0.2) is 43.0 Å². The van der Waals surface area contributed by atoms with Gasteiger partial charge in [0.2, 0.25) is 0 Å². The molecule has 2 aromatic heterocycles. The van der Waals surface area contributed by atoms with Crippen molar-refractivity contribution >= 4 is 17.2 Å². The summed E-state index contributed by atoms with van der Waals surface area (Å²) in [4.78, 5) is 25.6. The third-order valence-corrected chi connectivity index (χ3v) is 6.99. The molecule has 7 heteroatoms. The fourth-order valence-corrected chi connectivity index (χ4v) is 4.97. The zero-order valence-electron chi connectivity index (χ0n) is 21.0. The molecule has 0 spiro atoms. The number of carbonyl (C=O) groups is 1. The first-order chi connectivity index (χ1) is 17.6. The second kappa shape index (κ2) is 10.8. The van der Waals surface area contributed by atoms with E-state index in [-0.39, 0.29) is 24.0 Å². The maximum Gasteiger partial charge on any atom is 0.343 e. The molecule has 1 aliphatic heterocycles. The third kappa shape index (κ3) is 5.18. The summed E-state index contributed by atoms with van der Waals surface area (Å²) in [5.74, 6) is -0.184. The van der Waals surface area contributed by atoms with Crippen molar-refractivity contribution in [1.29, 1.82) is 0 Å². The highest BCUT2D eigenvalue weighted by Gasteiger charge is 2.29. The van der Waals surface area contributed by atoms with Crippen molar-refractivity contribution in [2.45, 2.75) is 58.2 Å². The number of nitrogens with zero attached hydrogens (tertiary/aromatic N) is 1. The number of hydrogen-bond acceptors (Lipinski definition) is 6. The highest BCUT2D eigenvalue weighted by molar-refractivity contribution is 5.91. The van der Waals surface area contributed by atoms with Crippen LogP contribution in [0.2, 0.25) is 0 Å². The van der Waals surface area contributed by atoms with Crippen LogP contribution in [0.5, 0.6) is 0 Å². The molecule has 0 bridgehead atoms. The Morgan fingerprint density at radius 3 is 2.64 bits per heavy atom. The summed E-state index contributed by atoms with van der Waals surface area (Å²) in [7, 11) is 0. The fraction of sp³-hybridized carbons (Fsp3) is 0.448. The molecule has 1 saturated carbocycles. The lowest BCUT2D eigenvalue weighted by atomic mass is 9.96. The zero-order chi connectivity index (χ0) is 25.1. The number of carbonyl (C=O) groups excluding carboxylic acids is 1. The normalized spacial score (nSPS) is 17.8. The monoisotopic (exact) mass is 490 g/mol. The Hall–Kier alpha value is -3.16. The number of benzene rings is 1. The number of hydrogen-bond donors (Lipinski definition) is 1. The summed E-state index contributed by atoms with van der Waals surface area (Å²) in [6.07, 6.45) is 7.10. The minimum Gasteiger partial charge on any atom is -0.462 e. The van der Waals surface area contributed by atoms with Gasteiger partial charge < -0.3 is 19.5 Å². The van der Waals surface area contributed by atoms with Crippen molar-refractivity contribution in [3.63, 3.8) is 0 Å². The minimum atomic E-state index is -0.555. The van der Waals surface area contributed by atoms with E-state index in [0.29, 0.717) is 19.1 Å². The number of aryl methyl sites for hydroxylation is 1. The molecule has 1 N–H and O–H groups in total. The van der Waals surface area contributed by atoms with Gasteiger partial charge in [0.05, 0.1) is 18.7 Å². The lowest BCUT2D eigenvalue weighted by Crippen LogP contribution is -2.25. The summed E-state index contributed by atoms with van der Waals surface area (Å²) in [5, 5.41) is 3.40. The number of fused-ring (bicyclic) bond motifs is 1. The largest absolute Gasteiger partial charge is 0.462 e. The van der Waals surface area contributed by atoms with Gasteiger partial charge in [-0.1, -0.05) is 12.1 Å². The van der Waals surface area contributed by atoms with Crippen LogP contribution in [0.15, 0.2) is 47.4 Å². The highest BCUT2D eigenvalue weighted by atomic mass is 16.7. The average Bonchev–Trinajstić information content (AvgIpc) is 3.74. The molecule has 7 nitrogen and oxygen atoms in total. The lowest BCUT2D eigenvalue weighted by Gasteiger charge is -2.22. The lowest BCUT2D eigenvalue weighted by molar-refractivity contribution is -0.159. The van der Waals surface area contributed by atoms with Crippen LogP contribution in [0.1, 0.15) is 66.4 Å². The van der Waals surface area contributed by atoms with E-state index in [2.05, 4.69) is 36.5 Å². The summed E-state index contributed by atoms with van der Waals surface area (Å²) < 4.78 is 18.2. The Morgan fingerprint density at radius 2 is 1.94 bits per heavy atom. The molecule has 1 atom stereocenters. The molecule has 0 amide bonds. The molecule has 3 aromatic rings. The van der Waals surface area contributed by atoms with Crippen LogP contribution in [0.25, 0.3) is 16.6 Å². The van der Waals surface area contributed by atoms with Crippen molar-refractivity contribution in [2.75, 3.05) is 31.7 Å². The average molecular weight is 491 g/mol. The maximum absolute atomic E-state index is 13.1. The van der Waals surface area contributed by atoms with Crippen LogP contribution in [-0.2, 0) is 14.2 Å². The standard InChI is InChI=1S/C29H34N2O5/c1-3-34-29(33)25-18-24(21-7-8-21)27-19(2)23(13-15-31(27)28(25)32)20-9-11-22(12-10-20)30-14-17-36-26-6-4-5-16-35-26/h9-13,15,18,21,26,30H,3-8,14,16-17H2,1-2H3. The van der Waals surface area contributed by atoms with Crippen molar-refractivity contribution in [3.8, 4) is 11.1 Å². The number of aromatic nitrogens is 1. The molecule has 2 aliphatic rings. The molecule has 3 heterocycles. The third-order valence-electron chi connectivity index (χ3n) is 6.99. The van der Waals surface area contributed by atoms with E-state index in [4.69, 9.17) is 14.2 Å². The number of rotatable bonds is 9.